The molecule has 1 saturated heterocycles. The van der Waals surface area contributed by atoms with Crippen molar-refractivity contribution in [1.82, 2.24) is 14.9 Å². The summed E-state index contributed by atoms with van der Waals surface area (Å²) >= 11 is 0. The topological polar surface area (TPSA) is 49.8 Å². The SMILES string of the molecule is CC(C)(C)c1ccc2[nH]c(=O)n(C3CCNCC3)c2c1. The van der Waals surface area contributed by atoms with Gasteiger partial charge in [-0.25, -0.2) is 4.79 Å². The summed E-state index contributed by atoms with van der Waals surface area (Å²) in [5.41, 5.74) is 3.39. The third-order valence-electron chi connectivity index (χ3n) is 4.26. The van der Waals surface area contributed by atoms with E-state index in [1.165, 1.54) is 5.56 Å². The van der Waals surface area contributed by atoms with Crippen LogP contribution in [0.3, 0.4) is 0 Å². The normalized spacial score (nSPS) is 17.8. The number of aromatic nitrogens is 2. The molecule has 1 aliphatic rings. The summed E-state index contributed by atoms with van der Waals surface area (Å²) in [6.07, 6.45) is 2.04. The second-order valence-electron chi connectivity index (χ2n) is 6.76. The molecule has 4 nitrogen and oxygen atoms in total. The van der Waals surface area contributed by atoms with E-state index in [1.54, 1.807) is 0 Å². The van der Waals surface area contributed by atoms with Crippen molar-refractivity contribution in [3.8, 4) is 0 Å². The minimum Gasteiger partial charge on any atom is -0.317 e. The van der Waals surface area contributed by atoms with Gasteiger partial charge in [0.25, 0.3) is 0 Å². The predicted molar refractivity (Wildman–Crippen MR) is 82.4 cm³/mol. The van der Waals surface area contributed by atoms with Gasteiger partial charge < -0.3 is 10.3 Å². The molecule has 1 fully saturated rings. The molecule has 0 aliphatic carbocycles. The van der Waals surface area contributed by atoms with E-state index in [2.05, 4.69) is 43.2 Å². The highest BCUT2D eigenvalue weighted by Crippen LogP contribution is 2.27. The van der Waals surface area contributed by atoms with E-state index < -0.39 is 0 Å². The highest BCUT2D eigenvalue weighted by Gasteiger charge is 2.21. The second-order valence-corrected chi connectivity index (χ2v) is 6.76. The van der Waals surface area contributed by atoms with Crippen molar-refractivity contribution < 1.29 is 0 Å². The first kappa shape index (κ1) is 13.4. The first-order valence-electron chi connectivity index (χ1n) is 7.42. The van der Waals surface area contributed by atoms with Crippen LogP contribution in [0, 0.1) is 0 Å². The Kier molecular flexibility index (Phi) is 3.21. The molecule has 0 atom stereocenters. The maximum atomic E-state index is 12.3. The molecule has 2 heterocycles. The Morgan fingerprint density at radius 3 is 2.55 bits per heavy atom. The quantitative estimate of drug-likeness (QED) is 0.839. The minimum absolute atomic E-state index is 0.0259. The lowest BCUT2D eigenvalue weighted by Crippen LogP contribution is -2.33. The Morgan fingerprint density at radius 2 is 1.90 bits per heavy atom. The van der Waals surface area contributed by atoms with Crippen LogP contribution in [0.4, 0.5) is 0 Å². The largest absolute Gasteiger partial charge is 0.326 e. The third kappa shape index (κ3) is 2.29. The first-order chi connectivity index (χ1) is 9.47. The van der Waals surface area contributed by atoms with Gasteiger partial charge in [-0.2, -0.15) is 0 Å². The number of piperidine rings is 1. The molecule has 20 heavy (non-hydrogen) atoms. The van der Waals surface area contributed by atoms with Crippen molar-refractivity contribution in [3.63, 3.8) is 0 Å². The van der Waals surface area contributed by atoms with Gasteiger partial charge in [0, 0.05) is 6.04 Å². The van der Waals surface area contributed by atoms with Gasteiger partial charge in [-0.3, -0.25) is 4.57 Å². The lowest BCUT2D eigenvalue weighted by molar-refractivity contribution is 0.368. The van der Waals surface area contributed by atoms with Crippen molar-refractivity contribution in [2.24, 2.45) is 0 Å². The summed E-state index contributed by atoms with van der Waals surface area (Å²) < 4.78 is 1.96. The fourth-order valence-electron chi connectivity index (χ4n) is 3.02. The lowest BCUT2D eigenvalue weighted by Gasteiger charge is -2.24. The Bertz CT molecular complexity index is 669. The monoisotopic (exact) mass is 273 g/mol. The van der Waals surface area contributed by atoms with Crippen LogP contribution in [0.5, 0.6) is 0 Å². The molecule has 0 bridgehead atoms. The predicted octanol–water partition coefficient (Wildman–Crippen LogP) is 2.55. The molecule has 0 unspecified atom stereocenters. The number of rotatable bonds is 1. The maximum Gasteiger partial charge on any atom is 0.326 e. The zero-order valence-electron chi connectivity index (χ0n) is 12.5. The molecule has 1 aliphatic heterocycles. The number of aromatic amines is 1. The zero-order valence-corrected chi connectivity index (χ0v) is 12.5. The molecular formula is C16H23N3O. The molecule has 2 aromatic rings. The summed E-state index contributed by atoms with van der Waals surface area (Å²) in [5, 5.41) is 3.35. The van der Waals surface area contributed by atoms with Gasteiger partial charge in [-0.1, -0.05) is 26.8 Å². The van der Waals surface area contributed by atoms with Crippen molar-refractivity contribution in [2.75, 3.05) is 13.1 Å². The van der Waals surface area contributed by atoms with E-state index in [1.807, 2.05) is 10.6 Å². The molecule has 1 aromatic heterocycles. The number of H-pyrrole nitrogens is 1. The van der Waals surface area contributed by atoms with Crippen LogP contribution in [0.15, 0.2) is 23.0 Å². The van der Waals surface area contributed by atoms with Gasteiger partial charge >= 0.3 is 5.69 Å². The number of imidazole rings is 1. The first-order valence-corrected chi connectivity index (χ1v) is 7.42. The molecular weight excluding hydrogens is 250 g/mol. The number of hydrogen-bond donors (Lipinski definition) is 2. The minimum atomic E-state index is 0.0259. The summed E-state index contributed by atoms with van der Waals surface area (Å²) in [4.78, 5) is 15.3. The van der Waals surface area contributed by atoms with Crippen LogP contribution >= 0.6 is 0 Å². The Morgan fingerprint density at radius 1 is 1.20 bits per heavy atom. The second kappa shape index (κ2) is 4.77. The number of hydrogen-bond acceptors (Lipinski definition) is 2. The van der Waals surface area contributed by atoms with E-state index >= 15 is 0 Å². The Balaban J connectivity index is 2.15. The number of benzene rings is 1. The van der Waals surface area contributed by atoms with Gasteiger partial charge in [-0.15, -0.1) is 0 Å². The van der Waals surface area contributed by atoms with E-state index in [4.69, 9.17) is 0 Å². The molecule has 0 radical (unpaired) electrons. The zero-order chi connectivity index (χ0) is 14.3. The summed E-state index contributed by atoms with van der Waals surface area (Å²) in [7, 11) is 0. The van der Waals surface area contributed by atoms with Crippen LogP contribution in [0.1, 0.15) is 45.2 Å². The maximum absolute atomic E-state index is 12.3. The van der Waals surface area contributed by atoms with Gasteiger partial charge in [0.1, 0.15) is 0 Å². The van der Waals surface area contributed by atoms with Crippen LogP contribution in [0.25, 0.3) is 11.0 Å². The lowest BCUT2D eigenvalue weighted by atomic mass is 9.87. The Labute approximate surface area is 119 Å². The van der Waals surface area contributed by atoms with Crippen LogP contribution in [-0.4, -0.2) is 22.6 Å². The van der Waals surface area contributed by atoms with E-state index in [0.29, 0.717) is 6.04 Å². The smallest absolute Gasteiger partial charge is 0.317 e. The highest BCUT2D eigenvalue weighted by molar-refractivity contribution is 5.76. The molecule has 0 saturated carbocycles. The molecule has 1 aromatic carbocycles. The molecule has 0 amide bonds. The van der Waals surface area contributed by atoms with E-state index in [9.17, 15) is 4.79 Å². The summed E-state index contributed by atoms with van der Waals surface area (Å²) in [5.74, 6) is 0. The average molecular weight is 273 g/mol. The van der Waals surface area contributed by atoms with Gasteiger partial charge in [0.05, 0.1) is 11.0 Å². The van der Waals surface area contributed by atoms with Gasteiger partial charge in [0.15, 0.2) is 0 Å². The van der Waals surface area contributed by atoms with Crippen LogP contribution in [-0.2, 0) is 5.41 Å². The number of nitrogens with one attached hydrogen (secondary N) is 2. The molecule has 0 spiro atoms. The standard InChI is InChI=1S/C16H23N3O/c1-16(2,3)11-4-5-13-14(10-11)19(15(20)18-13)12-6-8-17-9-7-12/h4-5,10,12,17H,6-9H2,1-3H3,(H,18,20). The third-order valence-corrected chi connectivity index (χ3v) is 4.26. The van der Waals surface area contributed by atoms with Crippen molar-refractivity contribution >= 4 is 11.0 Å². The highest BCUT2D eigenvalue weighted by atomic mass is 16.1. The van der Waals surface area contributed by atoms with Gasteiger partial charge in [0.2, 0.25) is 0 Å². The molecule has 108 valence electrons. The molecule has 4 heteroatoms. The fraction of sp³-hybridized carbons (Fsp3) is 0.562. The molecule has 3 rings (SSSR count). The van der Waals surface area contributed by atoms with E-state index in [-0.39, 0.29) is 11.1 Å². The average Bonchev–Trinajstić information content (AvgIpc) is 2.73. The fourth-order valence-corrected chi connectivity index (χ4v) is 3.02. The van der Waals surface area contributed by atoms with Crippen molar-refractivity contribution in [2.45, 2.75) is 45.1 Å². The summed E-state index contributed by atoms with van der Waals surface area (Å²) in [6, 6.07) is 6.64. The van der Waals surface area contributed by atoms with Crippen molar-refractivity contribution in [1.29, 1.82) is 0 Å². The van der Waals surface area contributed by atoms with Gasteiger partial charge in [-0.05, 0) is 49.0 Å². The Hall–Kier alpha value is -1.55. The van der Waals surface area contributed by atoms with Crippen molar-refractivity contribution in [3.05, 3.63) is 34.2 Å². The summed E-state index contributed by atoms with van der Waals surface area (Å²) in [6.45, 7) is 8.58. The number of fused-ring (bicyclic) bond motifs is 1. The number of nitrogens with zero attached hydrogens (tertiary/aromatic N) is 1. The molecule has 2 N–H and O–H groups in total. The van der Waals surface area contributed by atoms with Crippen LogP contribution in [0.2, 0.25) is 0 Å². The van der Waals surface area contributed by atoms with Crippen LogP contribution < -0.4 is 11.0 Å². The van der Waals surface area contributed by atoms with E-state index in [0.717, 1.165) is 37.0 Å².